The molecule has 0 spiro atoms. The molecule has 0 aliphatic heterocycles. The fourth-order valence-electron chi connectivity index (χ4n) is 3.15. The van der Waals surface area contributed by atoms with E-state index in [2.05, 4.69) is 26.2 Å². The number of benzene rings is 2. The van der Waals surface area contributed by atoms with Crippen LogP contribution in [0.25, 0.3) is 16.7 Å². The first-order valence-electron chi connectivity index (χ1n) is 8.63. The molecule has 0 aliphatic rings. The summed E-state index contributed by atoms with van der Waals surface area (Å²) in [5.41, 5.74) is -0.808. The highest BCUT2D eigenvalue weighted by Crippen LogP contribution is 2.22. The molecule has 0 bridgehead atoms. The lowest BCUT2D eigenvalue weighted by Crippen LogP contribution is -2.34. The van der Waals surface area contributed by atoms with Gasteiger partial charge in [0.15, 0.2) is 0 Å². The Balaban J connectivity index is 1.83. The van der Waals surface area contributed by atoms with Crippen LogP contribution >= 0.6 is 27.5 Å². The topological polar surface area (TPSA) is 88.9 Å². The Labute approximate surface area is 181 Å². The fourth-order valence-corrected chi connectivity index (χ4v) is 3.61. The molecule has 0 atom stereocenters. The summed E-state index contributed by atoms with van der Waals surface area (Å²) in [6.07, 6.45) is 1.40. The van der Waals surface area contributed by atoms with Gasteiger partial charge in [0.2, 0.25) is 0 Å². The van der Waals surface area contributed by atoms with E-state index in [4.69, 9.17) is 11.6 Å². The van der Waals surface area contributed by atoms with E-state index >= 15 is 0 Å². The van der Waals surface area contributed by atoms with Gasteiger partial charge >= 0.3 is 5.69 Å². The van der Waals surface area contributed by atoms with Crippen LogP contribution in [0.2, 0.25) is 5.02 Å². The minimum absolute atomic E-state index is 0.0305. The molecule has 7 nitrogen and oxygen atoms in total. The number of amides is 1. The van der Waals surface area contributed by atoms with Crippen molar-refractivity contribution >= 4 is 50.2 Å². The Morgan fingerprint density at radius 1 is 1.17 bits per heavy atom. The number of nitrogens with zero attached hydrogens (tertiary/aromatic N) is 2. The largest absolute Gasteiger partial charge is 0.344 e. The molecule has 2 heterocycles. The standard InChI is InChI=1S/C20H13BrClFN4O3/c1-26-9-13(18(28)24-15-7-2-10(21)8-14(15)23)16-17(26)19(29)27(20(30)25-16)12-5-3-11(22)4-6-12/h2-9H,1H3,(H,24,28)(H,25,30). The molecule has 152 valence electrons. The highest BCUT2D eigenvalue weighted by molar-refractivity contribution is 9.10. The minimum atomic E-state index is -0.718. The van der Waals surface area contributed by atoms with Gasteiger partial charge in [-0.1, -0.05) is 27.5 Å². The van der Waals surface area contributed by atoms with Crippen LogP contribution in [0.3, 0.4) is 0 Å². The van der Waals surface area contributed by atoms with Crippen molar-refractivity contribution in [1.82, 2.24) is 14.1 Å². The molecule has 2 aromatic carbocycles. The highest BCUT2D eigenvalue weighted by atomic mass is 79.9. The van der Waals surface area contributed by atoms with Crippen molar-refractivity contribution in [1.29, 1.82) is 0 Å². The summed E-state index contributed by atoms with van der Waals surface area (Å²) in [7, 11) is 1.57. The summed E-state index contributed by atoms with van der Waals surface area (Å²) < 4.78 is 17.0. The van der Waals surface area contributed by atoms with Crippen LogP contribution in [-0.2, 0) is 7.05 Å². The molecule has 0 saturated heterocycles. The third-order valence-corrected chi connectivity index (χ3v) is 5.28. The summed E-state index contributed by atoms with van der Waals surface area (Å²) in [6, 6.07) is 10.4. The Bertz CT molecular complexity index is 1420. The molecule has 2 N–H and O–H groups in total. The first-order chi connectivity index (χ1) is 14.3. The monoisotopic (exact) mass is 490 g/mol. The number of aromatic amines is 1. The van der Waals surface area contributed by atoms with Crippen LogP contribution < -0.4 is 16.6 Å². The quantitative estimate of drug-likeness (QED) is 0.457. The number of aromatic nitrogens is 3. The SMILES string of the molecule is Cn1cc(C(=O)Nc2ccc(Br)cc2F)c2[nH]c(=O)n(-c3ccc(Cl)cc3)c(=O)c21. The summed E-state index contributed by atoms with van der Waals surface area (Å²) in [6.45, 7) is 0. The molecule has 1 amide bonds. The summed E-state index contributed by atoms with van der Waals surface area (Å²) in [4.78, 5) is 41.0. The van der Waals surface area contributed by atoms with Crippen molar-refractivity contribution in [2.75, 3.05) is 5.32 Å². The van der Waals surface area contributed by atoms with Crippen LogP contribution in [-0.4, -0.2) is 20.0 Å². The maximum atomic E-state index is 14.1. The van der Waals surface area contributed by atoms with Gasteiger partial charge in [-0.25, -0.2) is 13.8 Å². The maximum absolute atomic E-state index is 14.1. The van der Waals surface area contributed by atoms with Crippen LogP contribution in [0.15, 0.2) is 62.7 Å². The first kappa shape index (κ1) is 20.1. The average molecular weight is 492 g/mol. The van der Waals surface area contributed by atoms with Gasteiger partial charge in [-0.15, -0.1) is 0 Å². The zero-order chi connectivity index (χ0) is 21.6. The number of aryl methyl sites for hydroxylation is 1. The molecule has 2 aromatic heterocycles. The van der Waals surface area contributed by atoms with E-state index in [9.17, 15) is 18.8 Å². The van der Waals surface area contributed by atoms with E-state index in [0.29, 0.717) is 15.2 Å². The second kappa shape index (κ2) is 7.58. The van der Waals surface area contributed by atoms with E-state index in [1.807, 2.05) is 0 Å². The fraction of sp³-hybridized carbons (Fsp3) is 0.0500. The molecule has 4 aromatic rings. The molecule has 0 saturated carbocycles. The van der Waals surface area contributed by atoms with Crippen LogP contribution in [0.5, 0.6) is 0 Å². The number of hydrogen-bond donors (Lipinski definition) is 2. The van der Waals surface area contributed by atoms with Crippen molar-refractivity contribution < 1.29 is 9.18 Å². The molecule has 30 heavy (non-hydrogen) atoms. The molecular formula is C20H13BrClFN4O3. The predicted molar refractivity (Wildman–Crippen MR) is 116 cm³/mol. The number of rotatable bonds is 3. The third-order valence-electron chi connectivity index (χ3n) is 4.53. The number of carbonyl (C=O) groups excluding carboxylic acids is 1. The minimum Gasteiger partial charge on any atom is -0.344 e. The number of carbonyl (C=O) groups is 1. The van der Waals surface area contributed by atoms with Gasteiger partial charge in [0.1, 0.15) is 11.3 Å². The van der Waals surface area contributed by atoms with E-state index in [1.54, 1.807) is 25.2 Å². The second-order valence-electron chi connectivity index (χ2n) is 6.50. The molecule has 4 rings (SSSR count). The van der Waals surface area contributed by atoms with Gasteiger partial charge in [-0.2, -0.15) is 0 Å². The van der Waals surface area contributed by atoms with Gasteiger partial charge in [0, 0.05) is 22.7 Å². The van der Waals surface area contributed by atoms with Crippen molar-refractivity contribution in [3.63, 3.8) is 0 Å². The second-order valence-corrected chi connectivity index (χ2v) is 7.85. The number of fused-ring (bicyclic) bond motifs is 1. The number of hydrogen-bond acceptors (Lipinski definition) is 3. The van der Waals surface area contributed by atoms with Crippen molar-refractivity contribution in [3.8, 4) is 5.69 Å². The van der Waals surface area contributed by atoms with Crippen LogP contribution in [0.1, 0.15) is 10.4 Å². The zero-order valence-corrected chi connectivity index (χ0v) is 17.7. The average Bonchev–Trinajstić information content (AvgIpc) is 3.02. The lowest BCUT2D eigenvalue weighted by Gasteiger charge is -2.07. The van der Waals surface area contributed by atoms with Crippen molar-refractivity contribution in [3.05, 3.63) is 90.4 Å². The summed E-state index contributed by atoms with van der Waals surface area (Å²) in [5, 5.41) is 2.92. The van der Waals surface area contributed by atoms with Crippen LogP contribution in [0.4, 0.5) is 10.1 Å². The van der Waals surface area contributed by atoms with E-state index < -0.39 is 23.0 Å². The lowest BCUT2D eigenvalue weighted by atomic mass is 10.2. The maximum Gasteiger partial charge on any atom is 0.333 e. The van der Waals surface area contributed by atoms with E-state index in [0.717, 1.165) is 4.57 Å². The van der Waals surface area contributed by atoms with Gasteiger partial charge in [0.05, 0.1) is 22.5 Å². The smallest absolute Gasteiger partial charge is 0.333 e. The van der Waals surface area contributed by atoms with E-state index in [1.165, 1.54) is 35.0 Å². The normalized spacial score (nSPS) is 11.1. The van der Waals surface area contributed by atoms with Gasteiger partial charge < -0.3 is 14.9 Å². The Hall–Kier alpha value is -3.17. The van der Waals surface area contributed by atoms with E-state index in [-0.39, 0.29) is 22.3 Å². The summed E-state index contributed by atoms with van der Waals surface area (Å²) >= 11 is 9.02. The molecule has 0 radical (unpaired) electrons. The van der Waals surface area contributed by atoms with Gasteiger partial charge in [-0.3, -0.25) is 9.59 Å². The zero-order valence-electron chi connectivity index (χ0n) is 15.4. The summed E-state index contributed by atoms with van der Waals surface area (Å²) in [5.74, 6) is -1.29. The number of H-pyrrole nitrogens is 1. The van der Waals surface area contributed by atoms with Crippen LogP contribution in [0, 0.1) is 5.82 Å². The Kier molecular flexibility index (Phi) is 5.08. The Morgan fingerprint density at radius 2 is 1.87 bits per heavy atom. The third kappa shape index (κ3) is 3.46. The predicted octanol–water partition coefficient (Wildman–Crippen LogP) is 3.82. The molecule has 10 heteroatoms. The van der Waals surface area contributed by atoms with Gasteiger partial charge in [0.25, 0.3) is 11.5 Å². The van der Waals surface area contributed by atoms with Crippen molar-refractivity contribution in [2.24, 2.45) is 7.05 Å². The molecule has 0 aliphatic carbocycles. The first-order valence-corrected chi connectivity index (χ1v) is 9.80. The number of halogens is 3. The molecule has 0 unspecified atom stereocenters. The number of anilines is 1. The highest BCUT2D eigenvalue weighted by Gasteiger charge is 2.21. The Morgan fingerprint density at radius 3 is 2.53 bits per heavy atom. The lowest BCUT2D eigenvalue weighted by molar-refractivity contribution is 0.102. The molecular weight excluding hydrogens is 479 g/mol. The van der Waals surface area contributed by atoms with Crippen molar-refractivity contribution in [2.45, 2.75) is 0 Å². The van der Waals surface area contributed by atoms with Gasteiger partial charge in [-0.05, 0) is 42.5 Å². The molecule has 0 fully saturated rings. The number of nitrogens with one attached hydrogen (secondary N) is 2.